The smallest absolute Gasteiger partial charge is 0.264 e. The quantitative estimate of drug-likeness (QED) is 0.349. The maximum absolute atomic E-state index is 12.0. The van der Waals surface area contributed by atoms with E-state index in [1.165, 1.54) is 0 Å². The summed E-state index contributed by atoms with van der Waals surface area (Å²) in [5, 5.41) is 21.2. The fraction of sp³-hybridized carbons (Fsp3) is 0.158. The van der Waals surface area contributed by atoms with Gasteiger partial charge in [-0.1, -0.05) is 39.7 Å². The monoisotopic (exact) mass is 462 g/mol. The van der Waals surface area contributed by atoms with Gasteiger partial charge >= 0.3 is 0 Å². The number of aromatic nitrogens is 1. The summed E-state index contributed by atoms with van der Waals surface area (Å²) in [4.78, 5) is 26.7. The number of halogens is 2. The number of aromatic hydroxyl groups is 1. The van der Waals surface area contributed by atoms with E-state index >= 15 is 0 Å². The molecule has 3 aromatic rings. The first kappa shape index (κ1) is 20.0. The number of benzene rings is 2. The van der Waals surface area contributed by atoms with Gasteiger partial charge in [-0.05, 0) is 36.8 Å². The van der Waals surface area contributed by atoms with Crippen LogP contribution < -0.4 is 5.32 Å². The fourth-order valence-corrected chi connectivity index (χ4v) is 3.16. The van der Waals surface area contributed by atoms with Gasteiger partial charge in [0.2, 0.25) is 5.88 Å². The summed E-state index contributed by atoms with van der Waals surface area (Å²) in [5.41, 5.74) is 1.28. The number of carbonyl (C=O) groups excluding carboxylic acids is 2. The molecule has 0 radical (unpaired) electrons. The predicted octanol–water partition coefficient (Wildman–Crippen LogP) is 5.11. The minimum absolute atomic E-state index is 0.110. The molecule has 0 saturated carbocycles. The zero-order chi connectivity index (χ0) is 20.1. The number of hydrogen-bond donors (Lipinski definition) is 3. The maximum Gasteiger partial charge on any atom is 0.264 e. The van der Waals surface area contributed by atoms with Gasteiger partial charge in [-0.25, -0.2) is 0 Å². The van der Waals surface area contributed by atoms with Crippen molar-refractivity contribution in [1.82, 2.24) is 10.3 Å². The highest BCUT2D eigenvalue weighted by Crippen LogP contribution is 2.36. The van der Waals surface area contributed by atoms with Crippen LogP contribution in [0, 0.1) is 0 Å². The first-order valence-electron chi connectivity index (χ1n) is 8.43. The van der Waals surface area contributed by atoms with Crippen LogP contribution in [0.15, 0.2) is 57.2 Å². The zero-order valence-corrected chi connectivity index (χ0v) is 16.9. The van der Waals surface area contributed by atoms with E-state index in [0.29, 0.717) is 34.5 Å². The molecule has 0 aliphatic heterocycles. The number of aromatic amines is 1. The van der Waals surface area contributed by atoms with Crippen LogP contribution in [0.1, 0.15) is 23.2 Å². The molecule has 3 rings (SSSR count). The standard InChI is InChI=1S/C19H16BrClN4O3/c20-11-7-8-15-13(10-11)17(19(28)23-15)25-24-16(26)6-3-9-22-18(27)12-4-1-2-5-14(12)21/h1-2,4-5,7-8,10,23,28H,3,6,9H2,(H,22,27). The summed E-state index contributed by atoms with van der Waals surface area (Å²) in [7, 11) is 0. The van der Waals surface area contributed by atoms with Crippen LogP contribution in [0.25, 0.3) is 10.9 Å². The molecule has 0 spiro atoms. The number of nitrogens with zero attached hydrogens (tertiary/aromatic N) is 2. The van der Waals surface area contributed by atoms with Gasteiger partial charge in [0.05, 0.1) is 16.1 Å². The molecule has 9 heteroatoms. The van der Waals surface area contributed by atoms with Crippen LogP contribution in [-0.4, -0.2) is 28.4 Å². The van der Waals surface area contributed by atoms with Crippen LogP contribution in [-0.2, 0) is 4.79 Å². The van der Waals surface area contributed by atoms with Gasteiger partial charge in [0.15, 0.2) is 5.69 Å². The van der Waals surface area contributed by atoms with Gasteiger partial charge < -0.3 is 15.4 Å². The molecule has 1 heterocycles. The van der Waals surface area contributed by atoms with Gasteiger partial charge in [-0.3, -0.25) is 9.59 Å². The minimum Gasteiger partial charge on any atom is -0.493 e. The van der Waals surface area contributed by atoms with Crippen LogP contribution >= 0.6 is 27.5 Å². The zero-order valence-electron chi connectivity index (χ0n) is 14.6. The van der Waals surface area contributed by atoms with Crippen molar-refractivity contribution in [2.45, 2.75) is 12.8 Å². The highest BCUT2D eigenvalue weighted by molar-refractivity contribution is 9.10. The summed E-state index contributed by atoms with van der Waals surface area (Å²) < 4.78 is 0.816. The average molecular weight is 464 g/mol. The molecule has 2 amide bonds. The molecule has 2 aromatic carbocycles. The molecule has 3 N–H and O–H groups in total. The number of amides is 2. The highest BCUT2D eigenvalue weighted by atomic mass is 79.9. The van der Waals surface area contributed by atoms with Crippen LogP contribution in [0.5, 0.6) is 5.88 Å². The Morgan fingerprint density at radius 3 is 2.79 bits per heavy atom. The molecule has 0 unspecified atom stereocenters. The fourth-order valence-electron chi connectivity index (χ4n) is 2.57. The molecule has 0 saturated heterocycles. The first-order valence-corrected chi connectivity index (χ1v) is 9.60. The molecule has 7 nitrogen and oxygen atoms in total. The summed E-state index contributed by atoms with van der Waals surface area (Å²) in [6, 6.07) is 12.1. The van der Waals surface area contributed by atoms with Crippen molar-refractivity contribution < 1.29 is 14.7 Å². The third-order valence-corrected chi connectivity index (χ3v) is 4.77. The number of nitrogens with one attached hydrogen (secondary N) is 2. The van der Waals surface area contributed by atoms with Crippen LogP contribution in [0.4, 0.5) is 5.69 Å². The van der Waals surface area contributed by atoms with Crippen molar-refractivity contribution in [1.29, 1.82) is 0 Å². The molecule has 28 heavy (non-hydrogen) atoms. The van der Waals surface area contributed by atoms with Crippen LogP contribution in [0.2, 0.25) is 5.02 Å². The van der Waals surface area contributed by atoms with E-state index in [9.17, 15) is 14.7 Å². The summed E-state index contributed by atoms with van der Waals surface area (Å²) in [6.07, 6.45) is 0.512. The highest BCUT2D eigenvalue weighted by Gasteiger charge is 2.12. The SMILES string of the molecule is O=C(CCCNC(=O)c1ccccc1Cl)N=Nc1c(O)[nH]c2ccc(Br)cc12. The Hall–Kier alpha value is -2.71. The molecule has 144 valence electrons. The largest absolute Gasteiger partial charge is 0.493 e. The third-order valence-electron chi connectivity index (χ3n) is 3.95. The number of hydrogen-bond acceptors (Lipinski definition) is 4. The molecule has 1 aromatic heterocycles. The van der Waals surface area contributed by atoms with E-state index in [2.05, 4.69) is 36.5 Å². The second-order valence-corrected chi connectivity index (χ2v) is 7.27. The molecular weight excluding hydrogens is 448 g/mol. The van der Waals surface area contributed by atoms with Gasteiger partial charge in [-0.15, -0.1) is 10.2 Å². The second kappa shape index (κ2) is 8.99. The lowest BCUT2D eigenvalue weighted by molar-refractivity contribution is -0.118. The number of azo groups is 1. The number of H-pyrrole nitrogens is 1. The summed E-state index contributed by atoms with van der Waals surface area (Å²) >= 11 is 9.32. The first-order chi connectivity index (χ1) is 13.5. The normalized spacial score (nSPS) is 11.2. The van der Waals surface area contributed by atoms with Crippen molar-refractivity contribution in [2.75, 3.05) is 6.54 Å². The minimum atomic E-state index is -0.448. The molecule has 0 fully saturated rings. The van der Waals surface area contributed by atoms with E-state index < -0.39 is 5.91 Å². The Bertz CT molecular complexity index is 1060. The Morgan fingerprint density at radius 1 is 1.21 bits per heavy atom. The van der Waals surface area contributed by atoms with E-state index in [-0.39, 0.29) is 23.9 Å². The van der Waals surface area contributed by atoms with Gasteiger partial charge in [-0.2, -0.15) is 0 Å². The Morgan fingerprint density at radius 2 is 2.00 bits per heavy atom. The number of fused-ring (bicyclic) bond motifs is 1. The van der Waals surface area contributed by atoms with E-state index in [4.69, 9.17) is 11.6 Å². The van der Waals surface area contributed by atoms with Gasteiger partial charge in [0.1, 0.15) is 0 Å². The summed E-state index contributed by atoms with van der Waals surface area (Å²) in [6.45, 7) is 0.302. The topological polar surface area (TPSA) is 107 Å². The maximum atomic E-state index is 12.0. The van der Waals surface area contributed by atoms with Crippen molar-refractivity contribution in [3.05, 3.63) is 57.5 Å². The molecular formula is C19H16BrClN4O3. The van der Waals surface area contributed by atoms with Crippen molar-refractivity contribution in [3.63, 3.8) is 0 Å². The van der Waals surface area contributed by atoms with Gasteiger partial charge in [0.25, 0.3) is 11.8 Å². The number of rotatable bonds is 6. The third kappa shape index (κ3) is 4.76. The van der Waals surface area contributed by atoms with Gasteiger partial charge in [0, 0.05) is 22.8 Å². The van der Waals surface area contributed by atoms with Crippen molar-refractivity contribution >= 4 is 55.9 Å². The van der Waals surface area contributed by atoms with E-state index in [1.807, 2.05) is 6.07 Å². The summed E-state index contributed by atoms with van der Waals surface area (Å²) in [5.74, 6) is -0.902. The Labute approximate surface area is 173 Å². The Kier molecular flexibility index (Phi) is 6.43. The lowest BCUT2D eigenvalue weighted by Gasteiger charge is -2.05. The molecule has 0 aliphatic carbocycles. The molecule has 0 atom stereocenters. The van der Waals surface area contributed by atoms with Crippen molar-refractivity contribution in [2.24, 2.45) is 10.2 Å². The lowest BCUT2D eigenvalue weighted by Crippen LogP contribution is -2.25. The molecule has 0 aliphatic rings. The van der Waals surface area contributed by atoms with Crippen LogP contribution in [0.3, 0.4) is 0 Å². The Balaban J connectivity index is 1.52. The van der Waals surface area contributed by atoms with E-state index in [0.717, 1.165) is 4.47 Å². The second-order valence-electron chi connectivity index (χ2n) is 5.95. The lowest BCUT2D eigenvalue weighted by atomic mass is 10.2. The predicted molar refractivity (Wildman–Crippen MR) is 110 cm³/mol. The van der Waals surface area contributed by atoms with E-state index in [1.54, 1.807) is 36.4 Å². The van der Waals surface area contributed by atoms with Crippen molar-refractivity contribution in [3.8, 4) is 5.88 Å². The molecule has 0 bridgehead atoms. The average Bonchev–Trinajstić information content (AvgIpc) is 2.98. The number of carbonyl (C=O) groups is 2.